The van der Waals surface area contributed by atoms with E-state index in [-0.39, 0.29) is 16.5 Å². The lowest BCUT2D eigenvalue weighted by Crippen LogP contribution is -2.52. The number of halogens is 4. The van der Waals surface area contributed by atoms with Gasteiger partial charge < -0.3 is 19.5 Å². The molecule has 3 fully saturated rings. The van der Waals surface area contributed by atoms with Gasteiger partial charge in [0.1, 0.15) is 35.3 Å². The van der Waals surface area contributed by atoms with E-state index in [2.05, 4.69) is 15.3 Å². The van der Waals surface area contributed by atoms with Crippen LogP contribution in [0.15, 0.2) is 29.2 Å². The third kappa shape index (κ3) is 4.34. The van der Waals surface area contributed by atoms with Gasteiger partial charge in [0.25, 0.3) is 12.0 Å². The Morgan fingerprint density at radius 1 is 1.10 bits per heavy atom. The molecule has 1 spiro atoms. The van der Waals surface area contributed by atoms with E-state index in [4.69, 9.17) is 4.74 Å². The lowest BCUT2D eigenvalue weighted by atomic mass is 9.77. The van der Waals surface area contributed by atoms with Crippen molar-refractivity contribution in [1.29, 1.82) is 0 Å². The number of anilines is 2. The monoisotopic (exact) mass is 545 g/mol. The smallest absolute Gasteiger partial charge is 0.276 e. The number of nitrogens with zero attached hydrogens (tertiary/aromatic N) is 4. The van der Waals surface area contributed by atoms with Gasteiger partial charge in [-0.3, -0.25) is 4.79 Å². The van der Waals surface area contributed by atoms with E-state index >= 15 is 0 Å². The molecule has 6 rings (SSSR count). The summed E-state index contributed by atoms with van der Waals surface area (Å²) in [4.78, 5) is 25.1. The van der Waals surface area contributed by atoms with Crippen molar-refractivity contribution in [1.82, 2.24) is 14.5 Å². The Morgan fingerprint density at radius 3 is 2.38 bits per heavy atom. The molecule has 7 nitrogen and oxygen atoms in total. The third-order valence-electron chi connectivity index (χ3n) is 8.62. The second kappa shape index (κ2) is 9.46. The zero-order valence-corrected chi connectivity index (χ0v) is 21.9. The second-order valence-electron chi connectivity index (χ2n) is 11.3. The van der Waals surface area contributed by atoms with Gasteiger partial charge in [-0.15, -0.1) is 0 Å². The van der Waals surface area contributed by atoms with Crippen molar-refractivity contribution in [3.63, 3.8) is 0 Å². The Hall–Kier alpha value is -3.21. The molecule has 4 heterocycles. The summed E-state index contributed by atoms with van der Waals surface area (Å²) in [6.07, 6.45) is 1.51. The van der Waals surface area contributed by atoms with E-state index < -0.39 is 36.1 Å². The predicted molar refractivity (Wildman–Crippen MR) is 140 cm³/mol. The van der Waals surface area contributed by atoms with Crippen LogP contribution in [0.2, 0.25) is 0 Å². The Balaban J connectivity index is 1.46. The predicted octanol–water partition coefficient (Wildman–Crippen LogP) is 5.43. The number of rotatable bonds is 7. The molecule has 1 N–H and O–H groups in total. The van der Waals surface area contributed by atoms with Gasteiger partial charge in [0.2, 0.25) is 0 Å². The Labute approximate surface area is 223 Å². The highest BCUT2D eigenvalue weighted by Crippen LogP contribution is 2.45. The summed E-state index contributed by atoms with van der Waals surface area (Å²) in [6.45, 7) is 5.43. The maximum Gasteiger partial charge on any atom is 0.276 e. The SMILES string of the molecule is Cc1nc(N[C@H](C)c2cccc(C(F)F)c2F)c2cn(C3(CF)CC3)c(=O)c(N3CCC4(CC3)COC4)c2n1. The van der Waals surface area contributed by atoms with Crippen LogP contribution in [0.5, 0.6) is 0 Å². The van der Waals surface area contributed by atoms with E-state index in [1.54, 1.807) is 20.0 Å². The van der Waals surface area contributed by atoms with Crippen LogP contribution in [0, 0.1) is 18.2 Å². The van der Waals surface area contributed by atoms with Crippen LogP contribution in [0.25, 0.3) is 10.9 Å². The maximum absolute atomic E-state index is 14.9. The molecule has 208 valence electrons. The lowest BCUT2D eigenvalue weighted by molar-refractivity contribution is -0.124. The van der Waals surface area contributed by atoms with Crippen LogP contribution in [0.1, 0.15) is 62.0 Å². The highest BCUT2D eigenvalue weighted by atomic mass is 19.3. The minimum atomic E-state index is -2.94. The van der Waals surface area contributed by atoms with Gasteiger partial charge in [0, 0.05) is 30.3 Å². The summed E-state index contributed by atoms with van der Waals surface area (Å²) >= 11 is 0. The first-order valence-corrected chi connectivity index (χ1v) is 13.3. The first kappa shape index (κ1) is 26.0. The van der Waals surface area contributed by atoms with Crippen LogP contribution in [-0.2, 0) is 10.3 Å². The largest absolute Gasteiger partial charge is 0.380 e. The number of alkyl halides is 3. The van der Waals surface area contributed by atoms with Crippen LogP contribution in [0.4, 0.5) is 29.1 Å². The number of fused-ring (bicyclic) bond motifs is 1. The molecule has 11 heteroatoms. The molecule has 0 unspecified atom stereocenters. The van der Waals surface area contributed by atoms with Crippen molar-refractivity contribution in [2.24, 2.45) is 5.41 Å². The number of hydrogen-bond donors (Lipinski definition) is 1. The Kier molecular flexibility index (Phi) is 6.32. The zero-order chi connectivity index (χ0) is 27.5. The summed E-state index contributed by atoms with van der Waals surface area (Å²) in [5.74, 6) is -0.251. The minimum absolute atomic E-state index is 0.0669. The van der Waals surface area contributed by atoms with E-state index in [1.807, 2.05) is 4.90 Å². The number of hydrogen-bond acceptors (Lipinski definition) is 6. The summed E-state index contributed by atoms with van der Waals surface area (Å²) in [6, 6.07) is 3.18. The van der Waals surface area contributed by atoms with E-state index in [9.17, 15) is 22.4 Å². The van der Waals surface area contributed by atoms with Crippen molar-refractivity contribution >= 4 is 22.4 Å². The number of aryl methyl sites for hydroxylation is 1. The standard InChI is InChI=1S/C28H31F4N5O2/c1-16(18-4-3-5-19(21(18)30)24(31)32)33-25-20-12-37(28(13-29)6-7-28)26(38)23(22(20)34-17(2)35-25)36-10-8-27(9-11-36)14-39-15-27/h3-5,12,16,24H,6-11,13-15H2,1-2H3,(H,33,34,35)/t16-/m1/s1. The molecule has 1 saturated carbocycles. The molecule has 0 radical (unpaired) electrons. The van der Waals surface area contributed by atoms with Crippen molar-refractivity contribution in [3.05, 3.63) is 57.5 Å². The number of benzene rings is 1. The van der Waals surface area contributed by atoms with Gasteiger partial charge in [-0.05, 0) is 39.5 Å². The van der Waals surface area contributed by atoms with Crippen molar-refractivity contribution in [2.45, 2.75) is 57.5 Å². The molecule has 0 amide bonds. The fraction of sp³-hybridized carbons (Fsp3) is 0.536. The first-order valence-electron chi connectivity index (χ1n) is 13.3. The molecule has 1 atom stereocenters. The van der Waals surface area contributed by atoms with Crippen molar-refractivity contribution < 1.29 is 22.3 Å². The molecule has 2 aliphatic heterocycles. The normalized spacial score (nSPS) is 20.3. The minimum Gasteiger partial charge on any atom is -0.380 e. The number of nitrogens with one attached hydrogen (secondary N) is 1. The molecule has 39 heavy (non-hydrogen) atoms. The maximum atomic E-state index is 14.9. The molecule has 1 aromatic carbocycles. The molecular formula is C28H31F4N5O2. The molecule has 0 bridgehead atoms. The first-order chi connectivity index (χ1) is 18.7. The third-order valence-corrected chi connectivity index (χ3v) is 8.62. The zero-order valence-electron chi connectivity index (χ0n) is 21.9. The number of aromatic nitrogens is 3. The average Bonchev–Trinajstić information content (AvgIpc) is 3.68. The van der Waals surface area contributed by atoms with E-state index in [0.717, 1.165) is 32.1 Å². The summed E-state index contributed by atoms with van der Waals surface area (Å²) in [5.41, 5.74) is -0.779. The highest BCUT2D eigenvalue weighted by Gasteiger charge is 2.47. The van der Waals surface area contributed by atoms with Crippen LogP contribution >= 0.6 is 0 Å². The van der Waals surface area contributed by atoms with Crippen molar-refractivity contribution in [3.8, 4) is 0 Å². The number of ether oxygens (including phenoxy) is 1. The van der Waals surface area contributed by atoms with Gasteiger partial charge in [-0.25, -0.2) is 27.5 Å². The Bertz CT molecular complexity index is 1480. The fourth-order valence-corrected chi connectivity index (χ4v) is 5.86. The quantitative estimate of drug-likeness (QED) is 0.400. The summed E-state index contributed by atoms with van der Waals surface area (Å²) in [7, 11) is 0. The summed E-state index contributed by atoms with van der Waals surface area (Å²) < 4.78 is 62.8. The number of piperidine rings is 1. The van der Waals surface area contributed by atoms with Gasteiger partial charge in [0.15, 0.2) is 0 Å². The van der Waals surface area contributed by atoms with Gasteiger partial charge in [-0.2, -0.15) is 0 Å². The van der Waals surface area contributed by atoms with E-state index in [1.165, 1.54) is 16.7 Å². The number of pyridine rings is 1. The summed E-state index contributed by atoms with van der Waals surface area (Å²) in [5, 5.41) is 3.67. The molecule has 2 aromatic heterocycles. The molecule has 2 saturated heterocycles. The molecule has 3 aliphatic rings. The van der Waals surface area contributed by atoms with E-state index in [0.29, 0.717) is 54.2 Å². The van der Waals surface area contributed by atoms with Gasteiger partial charge in [-0.1, -0.05) is 18.2 Å². The molecular weight excluding hydrogens is 514 g/mol. The Morgan fingerprint density at radius 2 is 1.79 bits per heavy atom. The highest BCUT2D eigenvalue weighted by molar-refractivity contribution is 5.97. The molecule has 3 aromatic rings. The topological polar surface area (TPSA) is 72.3 Å². The van der Waals surface area contributed by atoms with Crippen LogP contribution < -0.4 is 15.8 Å². The van der Waals surface area contributed by atoms with Crippen molar-refractivity contribution in [2.75, 3.05) is 43.2 Å². The average molecular weight is 546 g/mol. The fourth-order valence-electron chi connectivity index (χ4n) is 5.86. The van der Waals surface area contributed by atoms with Gasteiger partial charge in [0.05, 0.1) is 35.7 Å². The lowest BCUT2D eigenvalue weighted by Gasteiger charge is -2.47. The molecule has 1 aliphatic carbocycles. The van der Waals surface area contributed by atoms with Crippen LogP contribution in [-0.4, -0.2) is 47.5 Å². The van der Waals surface area contributed by atoms with Crippen LogP contribution in [0.3, 0.4) is 0 Å². The van der Waals surface area contributed by atoms with Gasteiger partial charge >= 0.3 is 0 Å². The second-order valence-corrected chi connectivity index (χ2v) is 11.3.